The number of nitrogens with zero attached hydrogens (tertiary/aromatic N) is 2. The third-order valence-corrected chi connectivity index (χ3v) is 5.60. The summed E-state index contributed by atoms with van der Waals surface area (Å²) in [7, 11) is 0. The number of amides is 3. The summed E-state index contributed by atoms with van der Waals surface area (Å²) in [5, 5.41) is 25.2. The summed E-state index contributed by atoms with van der Waals surface area (Å²) in [6.45, 7) is 11.9. The van der Waals surface area contributed by atoms with Gasteiger partial charge in [0.15, 0.2) is 0 Å². The third kappa shape index (κ3) is 7.97. The van der Waals surface area contributed by atoms with E-state index >= 15 is 0 Å². The third-order valence-electron chi connectivity index (χ3n) is 5.60. The number of ether oxygens (including phenoxy) is 1. The summed E-state index contributed by atoms with van der Waals surface area (Å²) in [5.41, 5.74) is 1.78. The molecule has 2 atom stereocenters. The van der Waals surface area contributed by atoms with Crippen LogP contribution in [0.2, 0.25) is 0 Å². The maximum Gasteiger partial charge on any atom is 0.408 e. The first kappa shape index (κ1) is 29.2. The molecule has 9 nitrogen and oxygen atoms in total. The average molecular weight is 509 g/mol. The number of carbonyl (C=O) groups excluding carboxylic acids is 3. The van der Waals surface area contributed by atoms with Crippen molar-refractivity contribution in [3.63, 3.8) is 0 Å². The van der Waals surface area contributed by atoms with Crippen LogP contribution in [0.1, 0.15) is 57.4 Å². The van der Waals surface area contributed by atoms with E-state index in [1.165, 1.54) is 12.1 Å². The number of carbonyl (C=O) groups is 3. The molecule has 198 valence electrons. The van der Waals surface area contributed by atoms with Crippen LogP contribution >= 0.6 is 0 Å². The highest BCUT2D eigenvalue weighted by atomic mass is 16.6. The van der Waals surface area contributed by atoms with Gasteiger partial charge in [0, 0.05) is 5.69 Å². The van der Waals surface area contributed by atoms with Crippen LogP contribution in [0, 0.1) is 31.1 Å². The van der Waals surface area contributed by atoms with Gasteiger partial charge in [-0.3, -0.25) is 9.59 Å². The lowest BCUT2D eigenvalue weighted by atomic mass is 9.98. The predicted octanol–water partition coefficient (Wildman–Crippen LogP) is 4.59. The molecule has 2 aromatic carbocycles. The SMILES string of the molecule is Cc1cccc(C)c1NC(=O)C(c1cccc(O)c1)N(CC#N)C(=O)C(NC(=O)OC(C)(C)C)C(C)C. The highest BCUT2D eigenvalue weighted by Gasteiger charge is 2.38. The van der Waals surface area contributed by atoms with Gasteiger partial charge in [0.1, 0.15) is 30.0 Å². The van der Waals surface area contributed by atoms with Crippen LogP contribution in [0.4, 0.5) is 10.5 Å². The number of alkyl carbamates (subject to hydrolysis) is 1. The molecule has 0 spiro atoms. The molecular formula is C28H36N4O5. The van der Waals surface area contributed by atoms with Gasteiger partial charge in [-0.2, -0.15) is 5.26 Å². The zero-order valence-electron chi connectivity index (χ0n) is 22.5. The first-order valence-electron chi connectivity index (χ1n) is 12.1. The molecular weight excluding hydrogens is 472 g/mol. The number of nitriles is 1. The van der Waals surface area contributed by atoms with E-state index < -0.39 is 42.1 Å². The first-order valence-corrected chi connectivity index (χ1v) is 12.1. The summed E-state index contributed by atoms with van der Waals surface area (Å²) >= 11 is 0. The Hall–Kier alpha value is -4.06. The van der Waals surface area contributed by atoms with Crippen LogP contribution in [0.25, 0.3) is 0 Å². The topological polar surface area (TPSA) is 132 Å². The van der Waals surface area contributed by atoms with Gasteiger partial charge < -0.3 is 25.4 Å². The fourth-order valence-electron chi connectivity index (χ4n) is 3.87. The maximum absolute atomic E-state index is 13.8. The second kappa shape index (κ2) is 12.3. The zero-order valence-corrected chi connectivity index (χ0v) is 22.5. The molecule has 0 saturated carbocycles. The van der Waals surface area contributed by atoms with E-state index in [1.807, 2.05) is 38.1 Å². The second-order valence-corrected chi connectivity index (χ2v) is 10.2. The number of rotatable bonds is 8. The van der Waals surface area contributed by atoms with Gasteiger partial charge in [0.05, 0.1) is 6.07 Å². The zero-order chi connectivity index (χ0) is 27.9. The molecule has 3 amide bonds. The summed E-state index contributed by atoms with van der Waals surface area (Å²) < 4.78 is 5.32. The van der Waals surface area contributed by atoms with Gasteiger partial charge in [0.2, 0.25) is 5.91 Å². The number of hydrogen-bond acceptors (Lipinski definition) is 6. The monoisotopic (exact) mass is 508 g/mol. The maximum atomic E-state index is 13.8. The van der Waals surface area contributed by atoms with Crippen LogP contribution in [0.15, 0.2) is 42.5 Å². The minimum absolute atomic E-state index is 0.0981. The van der Waals surface area contributed by atoms with Crippen molar-refractivity contribution < 1.29 is 24.2 Å². The molecule has 0 bridgehead atoms. The number of nitrogens with one attached hydrogen (secondary N) is 2. The highest BCUT2D eigenvalue weighted by molar-refractivity contribution is 6.00. The number of para-hydroxylation sites is 1. The molecule has 0 aliphatic heterocycles. The number of phenolic OH excluding ortho intramolecular Hbond substituents is 1. The molecule has 0 aliphatic rings. The van der Waals surface area contributed by atoms with E-state index in [9.17, 15) is 24.8 Å². The minimum Gasteiger partial charge on any atom is -0.508 e. The van der Waals surface area contributed by atoms with Gasteiger partial charge >= 0.3 is 6.09 Å². The normalized spacial score (nSPS) is 12.7. The van der Waals surface area contributed by atoms with Crippen molar-refractivity contribution in [1.82, 2.24) is 10.2 Å². The van der Waals surface area contributed by atoms with E-state index in [1.54, 1.807) is 46.8 Å². The Morgan fingerprint density at radius 1 is 1.08 bits per heavy atom. The second-order valence-electron chi connectivity index (χ2n) is 10.2. The van der Waals surface area contributed by atoms with Crippen LogP contribution in [-0.2, 0) is 14.3 Å². The molecule has 0 saturated heterocycles. The van der Waals surface area contributed by atoms with Gasteiger partial charge in [-0.1, -0.05) is 44.2 Å². The van der Waals surface area contributed by atoms with Crippen molar-refractivity contribution >= 4 is 23.6 Å². The Morgan fingerprint density at radius 2 is 1.68 bits per heavy atom. The lowest BCUT2D eigenvalue weighted by Gasteiger charge is -2.34. The lowest BCUT2D eigenvalue weighted by molar-refractivity contribution is -0.140. The number of aryl methyl sites for hydroxylation is 2. The fraction of sp³-hybridized carbons (Fsp3) is 0.429. The molecule has 0 fully saturated rings. The van der Waals surface area contributed by atoms with Crippen molar-refractivity contribution in [2.24, 2.45) is 5.92 Å². The van der Waals surface area contributed by atoms with Gasteiger partial charge in [0.25, 0.3) is 5.91 Å². The van der Waals surface area contributed by atoms with E-state index in [2.05, 4.69) is 10.6 Å². The van der Waals surface area contributed by atoms with Crippen molar-refractivity contribution in [2.45, 2.75) is 66.2 Å². The number of hydrogen-bond donors (Lipinski definition) is 3. The highest BCUT2D eigenvalue weighted by Crippen LogP contribution is 2.29. The summed E-state index contributed by atoms with van der Waals surface area (Å²) in [5.74, 6) is -1.68. The lowest BCUT2D eigenvalue weighted by Crippen LogP contribution is -2.54. The Kier molecular flexibility index (Phi) is 9.67. The number of benzene rings is 2. The molecule has 2 rings (SSSR count). The smallest absolute Gasteiger partial charge is 0.408 e. The largest absolute Gasteiger partial charge is 0.508 e. The van der Waals surface area contributed by atoms with Crippen LogP contribution in [-0.4, -0.2) is 46.1 Å². The molecule has 37 heavy (non-hydrogen) atoms. The molecule has 9 heteroatoms. The summed E-state index contributed by atoms with van der Waals surface area (Å²) in [6, 6.07) is 11.2. The van der Waals surface area contributed by atoms with Crippen LogP contribution < -0.4 is 10.6 Å². The van der Waals surface area contributed by atoms with Gasteiger partial charge in [-0.25, -0.2) is 4.79 Å². The van der Waals surface area contributed by atoms with E-state index in [4.69, 9.17) is 4.74 Å². The molecule has 0 radical (unpaired) electrons. The predicted molar refractivity (Wildman–Crippen MR) is 141 cm³/mol. The molecule has 0 aliphatic carbocycles. The Balaban J connectivity index is 2.54. The van der Waals surface area contributed by atoms with Crippen LogP contribution in [0.3, 0.4) is 0 Å². The molecule has 3 N–H and O–H groups in total. The van der Waals surface area contributed by atoms with Gasteiger partial charge in [-0.15, -0.1) is 0 Å². The molecule has 2 unspecified atom stereocenters. The summed E-state index contributed by atoms with van der Waals surface area (Å²) in [6.07, 6.45) is -0.787. The number of aromatic hydroxyl groups is 1. The van der Waals surface area contributed by atoms with Crippen molar-refractivity contribution in [3.05, 3.63) is 59.2 Å². The minimum atomic E-state index is -1.26. The Morgan fingerprint density at radius 3 is 2.19 bits per heavy atom. The molecule has 0 aromatic heterocycles. The van der Waals surface area contributed by atoms with Crippen molar-refractivity contribution in [1.29, 1.82) is 5.26 Å². The number of phenols is 1. The van der Waals surface area contributed by atoms with Crippen molar-refractivity contribution in [2.75, 3.05) is 11.9 Å². The van der Waals surface area contributed by atoms with Crippen LogP contribution in [0.5, 0.6) is 5.75 Å². The Bertz CT molecular complexity index is 1160. The van der Waals surface area contributed by atoms with Crippen molar-refractivity contribution in [3.8, 4) is 11.8 Å². The van der Waals surface area contributed by atoms with E-state index in [-0.39, 0.29) is 11.7 Å². The quantitative estimate of drug-likeness (QED) is 0.447. The Labute approximate surface area is 218 Å². The summed E-state index contributed by atoms with van der Waals surface area (Å²) in [4.78, 5) is 41.2. The van der Waals surface area contributed by atoms with E-state index in [0.717, 1.165) is 16.0 Å². The standard InChI is InChI=1S/C28H36N4O5/c1-17(2)22(31-27(36)37-28(5,6)7)26(35)32(15-14-29)24(20-12-9-13-21(33)16-20)25(34)30-23-18(3)10-8-11-19(23)4/h8-13,16-17,22,24,33H,15H2,1-7H3,(H,30,34)(H,31,36). The first-order chi connectivity index (χ1) is 17.2. The fourth-order valence-corrected chi connectivity index (χ4v) is 3.87. The van der Waals surface area contributed by atoms with E-state index in [0.29, 0.717) is 11.3 Å². The molecule has 2 aromatic rings. The van der Waals surface area contributed by atoms with Gasteiger partial charge in [-0.05, 0) is 69.4 Å². The number of anilines is 1. The average Bonchev–Trinajstić information content (AvgIpc) is 2.78. The molecule has 0 heterocycles.